The van der Waals surface area contributed by atoms with E-state index in [0.29, 0.717) is 19.6 Å². The molecule has 0 aliphatic heterocycles. The first-order valence-corrected chi connectivity index (χ1v) is 7.30. The molecule has 0 amide bonds. The van der Waals surface area contributed by atoms with Crippen LogP contribution >= 0.6 is 15.9 Å². The van der Waals surface area contributed by atoms with Crippen molar-refractivity contribution >= 4 is 21.9 Å². The summed E-state index contributed by atoms with van der Waals surface area (Å²) >= 11 is 3.30. The van der Waals surface area contributed by atoms with E-state index in [9.17, 15) is 4.79 Å². The van der Waals surface area contributed by atoms with Gasteiger partial charge in [0, 0.05) is 18.4 Å². The fourth-order valence-corrected chi connectivity index (χ4v) is 1.80. The Morgan fingerprint density at radius 3 is 2.53 bits per heavy atom. The van der Waals surface area contributed by atoms with Gasteiger partial charge in [0.15, 0.2) is 6.10 Å². The molecule has 0 radical (unpaired) electrons. The average Bonchev–Trinajstić information content (AvgIpc) is 2.45. The van der Waals surface area contributed by atoms with Crippen molar-refractivity contribution in [2.24, 2.45) is 0 Å². The highest BCUT2D eigenvalue weighted by Gasteiger charge is 2.19. The fourth-order valence-electron chi connectivity index (χ4n) is 1.64. The number of hydrogen-bond acceptors (Lipinski definition) is 4. The van der Waals surface area contributed by atoms with E-state index in [-0.39, 0.29) is 5.97 Å². The van der Waals surface area contributed by atoms with Gasteiger partial charge in [-0.25, -0.2) is 4.79 Å². The Hall–Kier alpha value is -1.07. The quantitative estimate of drug-likeness (QED) is 0.543. The first-order valence-electron chi connectivity index (χ1n) is 6.18. The molecule has 0 spiro atoms. The maximum atomic E-state index is 11.5. The van der Waals surface area contributed by atoms with Crippen molar-refractivity contribution in [3.63, 3.8) is 0 Å². The molecule has 0 saturated carbocycles. The number of methoxy groups -OCH3 is 1. The largest absolute Gasteiger partial charge is 0.493 e. The van der Waals surface area contributed by atoms with Gasteiger partial charge in [0.25, 0.3) is 0 Å². The van der Waals surface area contributed by atoms with E-state index < -0.39 is 6.10 Å². The van der Waals surface area contributed by atoms with Gasteiger partial charge in [-0.15, -0.1) is 0 Å². The van der Waals surface area contributed by atoms with Crippen LogP contribution in [0.4, 0.5) is 0 Å². The molecule has 1 aromatic rings. The summed E-state index contributed by atoms with van der Waals surface area (Å²) in [4.78, 5) is 11.5. The van der Waals surface area contributed by atoms with Gasteiger partial charge in [-0.2, -0.15) is 0 Å². The van der Waals surface area contributed by atoms with Gasteiger partial charge in [0.1, 0.15) is 5.75 Å². The van der Waals surface area contributed by atoms with Gasteiger partial charge in [-0.05, 0) is 24.6 Å². The lowest BCUT2D eigenvalue weighted by Gasteiger charge is -2.14. The maximum absolute atomic E-state index is 11.5. The number of halogens is 1. The Kier molecular flexibility index (Phi) is 7.52. The smallest absolute Gasteiger partial charge is 0.335 e. The van der Waals surface area contributed by atoms with Crippen LogP contribution in [0.15, 0.2) is 24.3 Å². The van der Waals surface area contributed by atoms with Crippen molar-refractivity contribution in [2.75, 3.05) is 25.7 Å². The molecule has 1 rings (SSSR count). The third kappa shape index (κ3) is 5.61. The van der Waals surface area contributed by atoms with Crippen LogP contribution in [0.1, 0.15) is 12.5 Å². The molecule has 0 aliphatic carbocycles. The number of ether oxygens (including phenoxy) is 3. The summed E-state index contributed by atoms with van der Waals surface area (Å²) in [5.41, 5.74) is 1.01. The summed E-state index contributed by atoms with van der Waals surface area (Å²) in [6.07, 6.45) is -0.0523. The topological polar surface area (TPSA) is 44.8 Å². The average molecular weight is 331 g/mol. The molecule has 106 valence electrons. The molecular weight excluding hydrogens is 312 g/mol. The molecule has 4 nitrogen and oxygen atoms in total. The molecule has 5 heteroatoms. The van der Waals surface area contributed by atoms with Gasteiger partial charge < -0.3 is 14.2 Å². The Balaban J connectivity index is 2.61. The Labute approximate surface area is 122 Å². The molecule has 19 heavy (non-hydrogen) atoms. The van der Waals surface area contributed by atoms with E-state index in [1.807, 2.05) is 31.2 Å². The molecule has 1 atom stereocenters. The second-order valence-corrected chi connectivity index (χ2v) is 4.65. The lowest BCUT2D eigenvalue weighted by Crippen LogP contribution is -2.28. The lowest BCUT2D eigenvalue weighted by atomic mass is 10.1. The van der Waals surface area contributed by atoms with E-state index in [4.69, 9.17) is 14.2 Å². The minimum Gasteiger partial charge on any atom is -0.493 e. The van der Waals surface area contributed by atoms with Crippen molar-refractivity contribution in [3.05, 3.63) is 29.8 Å². The molecule has 0 heterocycles. The number of alkyl halides is 1. The van der Waals surface area contributed by atoms with Gasteiger partial charge in [-0.3, -0.25) is 0 Å². The summed E-state index contributed by atoms with van der Waals surface area (Å²) < 4.78 is 15.6. The predicted octanol–water partition coefficient (Wildman–Crippen LogP) is 2.58. The van der Waals surface area contributed by atoms with E-state index in [1.165, 1.54) is 7.11 Å². The second-order valence-electron chi connectivity index (χ2n) is 3.85. The van der Waals surface area contributed by atoms with Crippen LogP contribution in [0.5, 0.6) is 5.75 Å². The minimum absolute atomic E-state index is 0.346. The molecule has 0 aromatic heterocycles. The van der Waals surface area contributed by atoms with Crippen LogP contribution in [0.2, 0.25) is 0 Å². The summed E-state index contributed by atoms with van der Waals surface area (Å²) in [5, 5.41) is 0.795. The summed E-state index contributed by atoms with van der Waals surface area (Å²) in [5.74, 6) is 0.468. The highest BCUT2D eigenvalue weighted by molar-refractivity contribution is 9.09. The summed E-state index contributed by atoms with van der Waals surface area (Å²) in [6.45, 7) is 2.96. The number of rotatable bonds is 8. The Bertz CT molecular complexity index is 378. The SMILES string of the molecule is CCO[C@@H](Cc1ccc(OCCBr)cc1)C(=O)OC. The van der Waals surface area contributed by atoms with Gasteiger partial charge in [-0.1, -0.05) is 28.1 Å². The highest BCUT2D eigenvalue weighted by atomic mass is 79.9. The summed E-state index contributed by atoms with van der Waals surface area (Å²) in [6, 6.07) is 7.63. The predicted molar refractivity (Wildman–Crippen MR) is 76.9 cm³/mol. The van der Waals surface area contributed by atoms with Gasteiger partial charge in [0.2, 0.25) is 0 Å². The minimum atomic E-state index is -0.552. The van der Waals surface area contributed by atoms with Crippen LogP contribution < -0.4 is 4.74 Å². The number of carbonyl (C=O) groups is 1. The van der Waals surface area contributed by atoms with E-state index in [2.05, 4.69) is 15.9 Å². The van der Waals surface area contributed by atoms with Crippen LogP contribution in [-0.4, -0.2) is 37.7 Å². The zero-order valence-electron chi connectivity index (χ0n) is 11.2. The molecule has 0 bridgehead atoms. The van der Waals surface area contributed by atoms with Crippen molar-refractivity contribution in [1.29, 1.82) is 0 Å². The zero-order valence-corrected chi connectivity index (χ0v) is 12.8. The van der Waals surface area contributed by atoms with Crippen LogP contribution in [-0.2, 0) is 20.7 Å². The molecule has 0 fully saturated rings. The van der Waals surface area contributed by atoms with Crippen LogP contribution in [0.25, 0.3) is 0 Å². The highest BCUT2D eigenvalue weighted by Crippen LogP contribution is 2.15. The van der Waals surface area contributed by atoms with Crippen LogP contribution in [0.3, 0.4) is 0 Å². The van der Waals surface area contributed by atoms with E-state index >= 15 is 0 Å². The van der Waals surface area contributed by atoms with Crippen molar-refractivity contribution in [3.8, 4) is 5.75 Å². The normalized spacial score (nSPS) is 11.9. The monoisotopic (exact) mass is 330 g/mol. The lowest BCUT2D eigenvalue weighted by molar-refractivity contribution is -0.153. The maximum Gasteiger partial charge on any atom is 0.335 e. The third-order valence-corrected chi connectivity index (χ3v) is 2.85. The number of hydrogen-bond donors (Lipinski definition) is 0. The Morgan fingerprint density at radius 2 is 2.00 bits per heavy atom. The third-order valence-electron chi connectivity index (χ3n) is 2.52. The molecule has 0 saturated heterocycles. The fraction of sp³-hybridized carbons (Fsp3) is 0.500. The van der Waals surface area contributed by atoms with Crippen LogP contribution in [0, 0.1) is 0 Å². The number of esters is 1. The van der Waals surface area contributed by atoms with Gasteiger partial charge in [0.05, 0.1) is 13.7 Å². The van der Waals surface area contributed by atoms with Crippen molar-refractivity contribution in [2.45, 2.75) is 19.4 Å². The van der Waals surface area contributed by atoms with E-state index in [1.54, 1.807) is 0 Å². The van der Waals surface area contributed by atoms with Crippen molar-refractivity contribution in [1.82, 2.24) is 0 Å². The van der Waals surface area contributed by atoms with Gasteiger partial charge >= 0.3 is 5.97 Å². The summed E-state index contributed by atoms with van der Waals surface area (Å²) in [7, 11) is 1.37. The molecule has 0 aliphatic rings. The van der Waals surface area contributed by atoms with E-state index in [0.717, 1.165) is 16.6 Å². The molecule has 1 aromatic carbocycles. The second kappa shape index (κ2) is 8.93. The number of benzene rings is 1. The standard InChI is InChI=1S/C14H19BrO4/c1-3-18-13(14(16)17-2)10-11-4-6-12(7-5-11)19-9-8-15/h4-7,13H,3,8-10H2,1-2H3/t13-/m0/s1. The Morgan fingerprint density at radius 1 is 1.32 bits per heavy atom. The first-order chi connectivity index (χ1) is 9.21. The molecule has 0 unspecified atom stereocenters. The number of carbonyl (C=O) groups excluding carboxylic acids is 1. The molecule has 0 N–H and O–H groups in total. The zero-order chi connectivity index (χ0) is 14.1. The van der Waals surface area contributed by atoms with Crippen molar-refractivity contribution < 1.29 is 19.0 Å². The first kappa shape index (κ1) is 16.0. The molecular formula is C14H19BrO4.